The van der Waals surface area contributed by atoms with Crippen molar-refractivity contribution in [3.8, 4) is 0 Å². The quantitative estimate of drug-likeness (QED) is 0.883. The summed E-state index contributed by atoms with van der Waals surface area (Å²) in [5, 5.41) is 0.901. The number of hydrogen-bond acceptors (Lipinski definition) is 5. The van der Waals surface area contributed by atoms with Crippen LogP contribution in [0.15, 0.2) is 24.3 Å². The number of hydrogen-bond donors (Lipinski definition) is 1. The van der Waals surface area contributed by atoms with Crippen LogP contribution < -0.4 is 10.6 Å². The van der Waals surface area contributed by atoms with E-state index in [-0.39, 0.29) is 0 Å². The number of rotatable bonds is 3. The van der Waals surface area contributed by atoms with Crippen molar-refractivity contribution in [2.75, 3.05) is 11.9 Å². The lowest BCUT2D eigenvalue weighted by molar-refractivity contribution is 1.06. The van der Waals surface area contributed by atoms with Crippen molar-refractivity contribution >= 4 is 22.4 Å². The number of benzene rings is 1. The van der Waals surface area contributed by atoms with Gasteiger partial charge in [0.1, 0.15) is 5.82 Å². The molecule has 2 N–H and O–H groups in total. The van der Waals surface area contributed by atoms with Gasteiger partial charge in [-0.25, -0.2) is 4.98 Å². The lowest BCUT2D eigenvalue weighted by Gasteiger charge is -2.15. The Balaban J connectivity index is 2.23. The van der Waals surface area contributed by atoms with Crippen LogP contribution in [-0.4, -0.2) is 16.4 Å². The average molecular weight is 234 g/mol. The van der Waals surface area contributed by atoms with E-state index < -0.39 is 0 Å². The van der Waals surface area contributed by atoms with Crippen LogP contribution in [0.4, 0.5) is 10.8 Å². The topological polar surface area (TPSA) is 55.0 Å². The minimum Gasteiger partial charge on any atom is -0.326 e. The highest BCUT2D eigenvalue weighted by Crippen LogP contribution is 2.24. The van der Waals surface area contributed by atoms with E-state index in [0.29, 0.717) is 6.54 Å². The molecule has 0 radical (unpaired) electrons. The first-order valence-corrected chi connectivity index (χ1v) is 5.81. The van der Waals surface area contributed by atoms with Gasteiger partial charge in [0.05, 0.1) is 0 Å². The standard InChI is InChI=1S/C11H14N4S/c1-8-13-11(16-14-8)15(2)10-5-3-9(7-12)4-6-10/h3-6H,7,12H2,1-2H3. The highest BCUT2D eigenvalue weighted by Gasteiger charge is 2.08. The summed E-state index contributed by atoms with van der Waals surface area (Å²) in [6, 6.07) is 8.14. The molecule has 0 fully saturated rings. The van der Waals surface area contributed by atoms with Gasteiger partial charge in [0.2, 0.25) is 5.13 Å². The Morgan fingerprint density at radius 1 is 1.31 bits per heavy atom. The van der Waals surface area contributed by atoms with Crippen LogP contribution in [0.5, 0.6) is 0 Å². The summed E-state index contributed by atoms with van der Waals surface area (Å²) >= 11 is 1.40. The van der Waals surface area contributed by atoms with Crippen molar-refractivity contribution in [3.05, 3.63) is 35.7 Å². The van der Waals surface area contributed by atoms with E-state index in [1.165, 1.54) is 11.5 Å². The molecule has 0 aliphatic carbocycles. The van der Waals surface area contributed by atoms with Crippen molar-refractivity contribution in [3.63, 3.8) is 0 Å². The molecule has 0 aliphatic heterocycles. The molecule has 0 unspecified atom stereocenters. The minimum absolute atomic E-state index is 0.571. The first kappa shape index (κ1) is 11.0. The van der Waals surface area contributed by atoms with E-state index in [9.17, 15) is 0 Å². The molecule has 5 heteroatoms. The molecule has 16 heavy (non-hydrogen) atoms. The van der Waals surface area contributed by atoms with Gasteiger partial charge in [-0.05, 0) is 24.6 Å². The van der Waals surface area contributed by atoms with Gasteiger partial charge in [0.25, 0.3) is 0 Å². The van der Waals surface area contributed by atoms with Crippen molar-refractivity contribution in [1.82, 2.24) is 9.36 Å². The average Bonchev–Trinajstić information content (AvgIpc) is 2.75. The van der Waals surface area contributed by atoms with E-state index in [1.54, 1.807) is 0 Å². The maximum absolute atomic E-state index is 5.56. The Hall–Kier alpha value is -1.46. The summed E-state index contributed by atoms with van der Waals surface area (Å²) in [6.07, 6.45) is 0. The molecule has 84 valence electrons. The first-order valence-electron chi connectivity index (χ1n) is 5.04. The summed E-state index contributed by atoms with van der Waals surface area (Å²) in [6.45, 7) is 2.47. The SMILES string of the molecule is Cc1nsc(N(C)c2ccc(CN)cc2)n1. The Kier molecular flexibility index (Phi) is 3.17. The molecule has 2 rings (SSSR count). The summed E-state index contributed by atoms with van der Waals surface area (Å²) in [5.74, 6) is 0.811. The third kappa shape index (κ3) is 2.20. The molecule has 0 bridgehead atoms. The molecule has 4 nitrogen and oxygen atoms in total. The monoisotopic (exact) mass is 234 g/mol. The maximum atomic E-state index is 5.56. The lowest BCUT2D eigenvalue weighted by atomic mass is 10.2. The molecule has 1 aromatic heterocycles. The van der Waals surface area contributed by atoms with Crippen LogP contribution in [0, 0.1) is 6.92 Å². The predicted molar refractivity (Wildman–Crippen MR) is 67.0 cm³/mol. The second-order valence-corrected chi connectivity index (χ2v) is 4.28. The molecule has 1 heterocycles. The second-order valence-electron chi connectivity index (χ2n) is 3.55. The smallest absolute Gasteiger partial charge is 0.209 e. The maximum Gasteiger partial charge on any atom is 0.209 e. The zero-order valence-electron chi connectivity index (χ0n) is 9.34. The number of aryl methyl sites for hydroxylation is 1. The van der Waals surface area contributed by atoms with Crippen molar-refractivity contribution in [2.45, 2.75) is 13.5 Å². The van der Waals surface area contributed by atoms with Gasteiger partial charge in [-0.1, -0.05) is 12.1 Å². The Bertz CT molecular complexity index is 463. The normalized spacial score (nSPS) is 10.4. The van der Waals surface area contributed by atoms with Gasteiger partial charge in [0, 0.05) is 30.8 Å². The first-order chi connectivity index (χ1) is 7.70. The molecule has 0 atom stereocenters. The van der Waals surface area contributed by atoms with Crippen LogP contribution in [0.2, 0.25) is 0 Å². The summed E-state index contributed by atoms with van der Waals surface area (Å²) < 4.78 is 4.17. The zero-order valence-corrected chi connectivity index (χ0v) is 10.2. The molecule has 0 saturated heterocycles. The number of nitrogens with zero attached hydrogens (tertiary/aromatic N) is 3. The largest absolute Gasteiger partial charge is 0.326 e. The van der Waals surface area contributed by atoms with Crippen molar-refractivity contribution < 1.29 is 0 Å². The van der Waals surface area contributed by atoms with Gasteiger partial charge in [0.15, 0.2) is 0 Å². The summed E-state index contributed by atoms with van der Waals surface area (Å²) in [4.78, 5) is 6.36. The van der Waals surface area contributed by atoms with E-state index >= 15 is 0 Å². The molecule has 2 aromatic rings. The van der Waals surface area contributed by atoms with E-state index in [4.69, 9.17) is 5.73 Å². The molecule has 0 saturated carbocycles. The van der Waals surface area contributed by atoms with Crippen LogP contribution in [0.1, 0.15) is 11.4 Å². The summed E-state index contributed by atoms with van der Waals surface area (Å²) in [5.41, 5.74) is 7.78. The molecular formula is C11H14N4S. The molecule has 0 spiro atoms. The van der Waals surface area contributed by atoms with Crippen LogP contribution in [0.3, 0.4) is 0 Å². The molecule has 0 aliphatic rings. The molecule has 0 amide bonds. The van der Waals surface area contributed by atoms with Gasteiger partial charge < -0.3 is 10.6 Å². The zero-order chi connectivity index (χ0) is 11.5. The lowest BCUT2D eigenvalue weighted by Crippen LogP contribution is -2.09. The fourth-order valence-electron chi connectivity index (χ4n) is 1.39. The molecular weight excluding hydrogens is 220 g/mol. The Labute approximate surface area is 98.9 Å². The Morgan fingerprint density at radius 2 is 2.00 bits per heavy atom. The van der Waals surface area contributed by atoms with E-state index in [0.717, 1.165) is 22.2 Å². The second kappa shape index (κ2) is 4.59. The van der Waals surface area contributed by atoms with E-state index in [1.807, 2.05) is 43.1 Å². The number of anilines is 2. The Morgan fingerprint density at radius 3 is 2.50 bits per heavy atom. The third-order valence-corrected chi connectivity index (χ3v) is 3.25. The fourth-order valence-corrected chi connectivity index (χ4v) is 2.04. The van der Waals surface area contributed by atoms with Crippen LogP contribution in [-0.2, 0) is 6.54 Å². The highest BCUT2D eigenvalue weighted by molar-refractivity contribution is 7.09. The third-order valence-electron chi connectivity index (χ3n) is 2.36. The van der Waals surface area contributed by atoms with Gasteiger partial charge in [-0.15, -0.1) is 0 Å². The van der Waals surface area contributed by atoms with Crippen molar-refractivity contribution in [1.29, 1.82) is 0 Å². The van der Waals surface area contributed by atoms with Crippen LogP contribution >= 0.6 is 11.5 Å². The molecule has 1 aromatic carbocycles. The fraction of sp³-hybridized carbons (Fsp3) is 0.273. The minimum atomic E-state index is 0.571. The van der Waals surface area contributed by atoms with Gasteiger partial charge in [-0.3, -0.25) is 0 Å². The van der Waals surface area contributed by atoms with Gasteiger partial charge >= 0.3 is 0 Å². The van der Waals surface area contributed by atoms with Crippen molar-refractivity contribution in [2.24, 2.45) is 5.73 Å². The highest BCUT2D eigenvalue weighted by atomic mass is 32.1. The summed E-state index contributed by atoms with van der Waals surface area (Å²) in [7, 11) is 1.98. The van der Waals surface area contributed by atoms with Gasteiger partial charge in [-0.2, -0.15) is 4.37 Å². The number of nitrogens with two attached hydrogens (primary N) is 1. The van der Waals surface area contributed by atoms with E-state index in [2.05, 4.69) is 9.36 Å². The van der Waals surface area contributed by atoms with Crippen LogP contribution in [0.25, 0.3) is 0 Å². The predicted octanol–water partition coefficient (Wildman–Crippen LogP) is 2.07. The number of aromatic nitrogens is 2.